The lowest BCUT2D eigenvalue weighted by atomic mass is 9.84. The highest BCUT2D eigenvalue weighted by molar-refractivity contribution is 5.40. The van der Waals surface area contributed by atoms with E-state index in [4.69, 9.17) is 5.73 Å². The first-order valence-electron chi connectivity index (χ1n) is 5.87. The van der Waals surface area contributed by atoms with E-state index in [1.807, 2.05) is 0 Å². The van der Waals surface area contributed by atoms with Gasteiger partial charge in [0.2, 0.25) is 0 Å². The largest absolute Gasteiger partial charge is 0.318 e. The monoisotopic (exact) mass is 220 g/mol. The maximum Gasteiger partial charge on any atom is 0.0431 e. The van der Waals surface area contributed by atoms with Gasteiger partial charge in [0.15, 0.2) is 0 Å². The molecule has 0 heterocycles. The number of benzene rings is 1. The molecule has 0 unspecified atom stereocenters. The van der Waals surface area contributed by atoms with E-state index >= 15 is 0 Å². The van der Waals surface area contributed by atoms with Crippen LogP contribution in [0.3, 0.4) is 0 Å². The Balaban J connectivity index is 3.08. The minimum Gasteiger partial charge on any atom is -0.318 e. The predicted molar refractivity (Wildman–Crippen MR) is 70.5 cm³/mol. The van der Waals surface area contributed by atoms with E-state index in [0.29, 0.717) is 6.67 Å². The fourth-order valence-corrected chi connectivity index (χ4v) is 1.90. The van der Waals surface area contributed by atoms with E-state index in [2.05, 4.69) is 52.1 Å². The molecule has 3 N–H and O–H groups in total. The number of nitrogens with two attached hydrogens (primary N) is 1. The Morgan fingerprint density at radius 2 is 1.62 bits per heavy atom. The lowest BCUT2D eigenvalue weighted by Crippen LogP contribution is -2.23. The highest BCUT2D eigenvalue weighted by atomic mass is 14.9. The van der Waals surface area contributed by atoms with Crippen molar-refractivity contribution in [3.8, 4) is 0 Å². The molecule has 0 atom stereocenters. The molecular formula is C14H24N2. The summed E-state index contributed by atoms with van der Waals surface area (Å²) < 4.78 is 0. The first kappa shape index (κ1) is 13.2. The Labute approximate surface area is 99.2 Å². The second-order valence-electron chi connectivity index (χ2n) is 5.47. The Morgan fingerprint density at radius 3 is 2.00 bits per heavy atom. The highest BCUT2D eigenvalue weighted by Gasteiger charge is 2.15. The third kappa shape index (κ3) is 3.06. The van der Waals surface area contributed by atoms with Crippen molar-refractivity contribution in [1.82, 2.24) is 5.32 Å². The maximum atomic E-state index is 5.46. The number of rotatable bonds is 3. The van der Waals surface area contributed by atoms with Crippen LogP contribution in [-0.2, 0) is 12.0 Å². The molecule has 0 aliphatic carbocycles. The van der Waals surface area contributed by atoms with Crippen LogP contribution in [0.4, 0.5) is 0 Å². The average Bonchev–Trinajstić information content (AvgIpc) is 2.15. The topological polar surface area (TPSA) is 38.0 Å². The van der Waals surface area contributed by atoms with Crippen LogP contribution in [0.1, 0.15) is 43.0 Å². The van der Waals surface area contributed by atoms with E-state index in [1.54, 1.807) is 0 Å². The number of aryl methyl sites for hydroxylation is 2. The minimum atomic E-state index is 0.218. The Bertz CT molecular complexity index is 338. The molecule has 0 aliphatic heterocycles. The lowest BCUT2D eigenvalue weighted by Gasteiger charge is -2.22. The van der Waals surface area contributed by atoms with E-state index < -0.39 is 0 Å². The fraction of sp³-hybridized carbons (Fsp3) is 0.571. The van der Waals surface area contributed by atoms with Crippen molar-refractivity contribution in [2.45, 2.75) is 46.6 Å². The molecule has 0 aromatic heterocycles. The molecule has 0 amide bonds. The van der Waals surface area contributed by atoms with Crippen molar-refractivity contribution in [2.75, 3.05) is 6.67 Å². The van der Waals surface area contributed by atoms with Gasteiger partial charge in [-0.3, -0.25) is 0 Å². The van der Waals surface area contributed by atoms with Crippen LogP contribution in [0.25, 0.3) is 0 Å². The molecule has 2 nitrogen and oxygen atoms in total. The molecular weight excluding hydrogens is 196 g/mol. The van der Waals surface area contributed by atoms with Crippen LogP contribution in [0.2, 0.25) is 0 Å². The van der Waals surface area contributed by atoms with Gasteiger partial charge in [-0.1, -0.05) is 32.9 Å². The average molecular weight is 220 g/mol. The molecule has 1 rings (SSSR count). The van der Waals surface area contributed by atoms with Gasteiger partial charge in [-0.2, -0.15) is 0 Å². The van der Waals surface area contributed by atoms with Crippen molar-refractivity contribution in [3.05, 3.63) is 34.4 Å². The van der Waals surface area contributed by atoms with E-state index in [-0.39, 0.29) is 5.41 Å². The first-order valence-corrected chi connectivity index (χ1v) is 5.87. The molecule has 0 bridgehead atoms. The van der Waals surface area contributed by atoms with Crippen LogP contribution in [0.15, 0.2) is 12.1 Å². The Kier molecular flexibility index (Phi) is 4.11. The van der Waals surface area contributed by atoms with Gasteiger partial charge in [-0.25, -0.2) is 0 Å². The zero-order chi connectivity index (χ0) is 12.3. The van der Waals surface area contributed by atoms with Gasteiger partial charge in [-0.15, -0.1) is 0 Å². The zero-order valence-corrected chi connectivity index (χ0v) is 11.1. The van der Waals surface area contributed by atoms with Crippen LogP contribution in [0, 0.1) is 13.8 Å². The molecule has 2 heteroatoms. The molecule has 0 spiro atoms. The smallest absolute Gasteiger partial charge is 0.0431 e. The van der Waals surface area contributed by atoms with Crippen LogP contribution in [-0.4, -0.2) is 6.67 Å². The van der Waals surface area contributed by atoms with Crippen molar-refractivity contribution in [3.63, 3.8) is 0 Å². The number of hydrogen-bond donors (Lipinski definition) is 2. The molecule has 0 radical (unpaired) electrons. The van der Waals surface area contributed by atoms with Crippen molar-refractivity contribution in [2.24, 2.45) is 5.73 Å². The van der Waals surface area contributed by atoms with Crippen LogP contribution < -0.4 is 11.1 Å². The molecule has 0 saturated carbocycles. The van der Waals surface area contributed by atoms with Crippen molar-refractivity contribution < 1.29 is 0 Å². The lowest BCUT2D eigenvalue weighted by molar-refractivity contribution is 0.588. The molecule has 16 heavy (non-hydrogen) atoms. The van der Waals surface area contributed by atoms with Gasteiger partial charge >= 0.3 is 0 Å². The molecule has 0 fully saturated rings. The summed E-state index contributed by atoms with van der Waals surface area (Å²) in [5, 5.41) is 3.18. The second-order valence-corrected chi connectivity index (χ2v) is 5.47. The second kappa shape index (κ2) is 4.98. The van der Waals surface area contributed by atoms with Gasteiger partial charge in [0.1, 0.15) is 0 Å². The molecule has 1 aromatic carbocycles. The molecule has 0 aliphatic rings. The predicted octanol–water partition coefficient (Wildman–Crippen LogP) is 2.61. The molecule has 90 valence electrons. The van der Waals surface area contributed by atoms with Crippen molar-refractivity contribution in [1.29, 1.82) is 0 Å². The third-order valence-corrected chi connectivity index (χ3v) is 3.01. The summed E-state index contributed by atoms with van der Waals surface area (Å²) >= 11 is 0. The number of nitrogens with one attached hydrogen (secondary N) is 1. The maximum absolute atomic E-state index is 5.46. The van der Waals surface area contributed by atoms with Gasteiger partial charge in [0.25, 0.3) is 0 Å². The normalized spacial score (nSPS) is 11.9. The fourth-order valence-electron chi connectivity index (χ4n) is 1.90. The summed E-state index contributed by atoms with van der Waals surface area (Å²) in [5.41, 5.74) is 11.2. The Morgan fingerprint density at radius 1 is 1.12 bits per heavy atom. The van der Waals surface area contributed by atoms with Gasteiger partial charge in [0.05, 0.1) is 0 Å². The van der Waals surface area contributed by atoms with E-state index in [1.165, 1.54) is 22.3 Å². The summed E-state index contributed by atoms with van der Waals surface area (Å²) in [4.78, 5) is 0. The zero-order valence-electron chi connectivity index (χ0n) is 11.1. The van der Waals surface area contributed by atoms with Crippen LogP contribution >= 0.6 is 0 Å². The molecule has 0 saturated heterocycles. The quantitative estimate of drug-likeness (QED) is 0.768. The highest BCUT2D eigenvalue weighted by Crippen LogP contribution is 2.26. The van der Waals surface area contributed by atoms with Gasteiger partial charge < -0.3 is 11.1 Å². The standard InChI is InChI=1S/C14H24N2/c1-10-6-12(14(3,4)5)7-11(2)13(10)8-16-9-15/h6-7,16H,8-9,15H2,1-5H3. The molecule has 1 aromatic rings. The minimum absolute atomic E-state index is 0.218. The summed E-state index contributed by atoms with van der Waals surface area (Å²) in [5.74, 6) is 0. The summed E-state index contributed by atoms with van der Waals surface area (Å²) in [6, 6.07) is 4.58. The van der Waals surface area contributed by atoms with Crippen molar-refractivity contribution >= 4 is 0 Å². The van der Waals surface area contributed by atoms with E-state index in [9.17, 15) is 0 Å². The van der Waals surface area contributed by atoms with Gasteiger partial charge in [-0.05, 0) is 41.5 Å². The van der Waals surface area contributed by atoms with Gasteiger partial charge in [0, 0.05) is 13.2 Å². The first-order chi connectivity index (χ1) is 7.36. The third-order valence-electron chi connectivity index (χ3n) is 3.01. The Hall–Kier alpha value is -0.860. The SMILES string of the molecule is Cc1cc(C(C)(C)C)cc(C)c1CNCN. The van der Waals surface area contributed by atoms with E-state index in [0.717, 1.165) is 6.54 Å². The summed E-state index contributed by atoms with van der Waals surface area (Å²) in [7, 11) is 0. The number of hydrogen-bond acceptors (Lipinski definition) is 2. The summed E-state index contributed by atoms with van der Waals surface area (Å²) in [6.07, 6.45) is 0. The van der Waals surface area contributed by atoms with Crippen LogP contribution in [0.5, 0.6) is 0 Å². The summed E-state index contributed by atoms with van der Waals surface area (Å²) in [6.45, 7) is 12.5.